The fourth-order valence-corrected chi connectivity index (χ4v) is 2.90. The Bertz CT molecular complexity index is 878. The van der Waals surface area contributed by atoms with E-state index in [1.54, 1.807) is 18.7 Å². The number of hydrogen-bond acceptors (Lipinski definition) is 7. The molecule has 0 saturated carbocycles. The third-order valence-electron chi connectivity index (χ3n) is 4.56. The van der Waals surface area contributed by atoms with Crippen LogP contribution in [0.4, 0.5) is 5.88 Å². The van der Waals surface area contributed by atoms with Crippen LogP contribution < -0.4 is 5.32 Å². The highest BCUT2D eigenvalue weighted by Crippen LogP contribution is 2.25. The first-order chi connectivity index (χ1) is 13.0. The van der Waals surface area contributed by atoms with E-state index in [1.165, 1.54) is 18.6 Å². The highest BCUT2D eigenvalue weighted by atomic mass is 16.4. The Morgan fingerprint density at radius 3 is 2.63 bits per heavy atom. The summed E-state index contributed by atoms with van der Waals surface area (Å²) in [4.78, 5) is 36.2. The van der Waals surface area contributed by atoms with Crippen LogP contribution in [0.15, 0.2) is 23.0 Å². The van der Waals surface area contributed by atoms with Crippen molar-refractivity contribution >= 4 is 17.7 Å². The standard InChI is InChI=1S/C18H20N6O3/c1-12-13(2)27-17(14(12)9-19)22-16(25)11-23-5-7-24(8-6-23)18(26)15-10-20-3-4-21-15/h3-4,10H,5-8,11H2,1-2H3,(H,22,25). The zero-order valence-corrected chi connectivity index (χ0v) is 15.2. The third kappa shape index (κ3) is 4.12. The number of rotatable bonds is 4. The van der Waals surface area contributed by atoms with Crippen LogP contribution >= 0.6 is 0 Å². The Kier molecular flexibility index (Phi) is 5.47. The van der Waals surface area contributed by atoms with E-state index in [9.17, 15) is 14.9 Å². The second kappa shape index (κ2) is 7.97. The van der Waals surface area contributed by atoms with Crippen LogP contribution in [0.5, 0.6) is 0 Å². The van der Waals surface area contributed by atoms with Crippen molar-refractivity contribution in [3.63, 3.8) is 0 Å². The van der Waals surface area contributed by atoms with E-state index in [2.05, 4.69) is 21.4 Å². The molecule has 2 aromatic heterocycles. The van der Waals surface area contributed by atoms with E-state index >= 15 is 0 Å². The van der Waals surface area contributed by atoms with E-state index in [-0.39, 0.29) is 24.2 Å². The number of piperazine rings is 1. The van der Waals surface area contributed by atoms with Crippen molar-refractivity contribution in [1.82, 2.24) is 19.8 Å². The van der Waals surface area contributed by atoms with Gasteiger partial charge in [0.1, 0.15) is 23.1 Å². The van der Waals surface area contributed by atoms with Gasteiger partial charge in [0.2, 0.25) is 11.8 Å². The minimum absolute atomic E-state index is 0.160. The second-order valence-corrected chi connectivity index (χ2v) is 6.31. The highest BCUT2D eigenvalue weighted by molar-refractivity contribution is 5.93. The van der Waals surface area contributed by atoms with Gasteiger partial charge < -0.3 is 9.32 Å². The van der Waals surface area contributed by atoms with E-state index in [0.29, 0.717) is 43.2 Å². The number of nitriles is 1. The van der Waals surface area contributed by atoms with Gasteiger partial charge in [-0.2, -0.15) is 5.26 Å². The molecule has 0 spiro atoms. The molecule has 3 heterocycles. The highest BCUT2D eigenvalue weighted by Gasteiger charge is 2.25. The number of nitrogens with zero attached hydrogens (tertiary/aromatic N) is 5. The number of aryl methyl sites for hydroxylation is 1. The maximum absolute atomic E-state index is 12.4. The summed E-state index contributed by atoms with van der Waals surface area (Å²) in [5.74, 6) is 0.383. The lowest BCUT2D eigenvalue weighted by atomic mass is 10.2. The maximum Gasteiger partial charge on any atom is 0.274 e. The monoisotopic (exact) mass is 368 g/mol. The minimum Gasteiger partial charge on any atom is -0.444 e. The zero-order chi connectivity index (χ0) is 19.4. The van der Waals surface area contributed by atoms with Gasteiger partial charge in [-0.15, -0.1) is 0 Å². The Morgan fingerprint density at radius 2 is 2.00 bits per heavy atom. The number of nitrogens with one attached hydrogen (secondary N) is 1. The fourth-order valence-electron chi connectivity index (χ4n) is 2.90. The molecular weight excluding hydrogens is 348 g/mol. The van der Waals surface area contributed by atoms with Crippen molar-refractivity contribution in [1.29, 1.82) is 5.26 Å². The Labute approximate surface area is 156 Å². The number of anilines is 1. The summed E-state index contributed by atoms with van der Waals surface area (Å²) in [5, 5.41) is 11.9. The molecule has 2 amide bonds. The summed E-state index contributed by atoms with van der Waals surface area (Å²) in [6.45, 7) is 5.84. The van der Waals surface area contributed by atoms with Crippen molar-refractivity contribution in [2.45, 2.75) is 13.8 Å². The molecule has 9 heteroatoms. The summed E-state index contributed by atoms with van der Waals surface area (Å²) in [5.41, 5.74) is 1.39. The van der Waals surface area contributed by atoms with Gasteiger partial charge in [0.05, 0.1) is 12.7 Å². The van der Waals surface area contributed by atoms with Crippen molar-refractivity contribution in [2.24, 2.45) is 0 Å². The minimum atomic E-state index is -0.256. The molecule has 140 valence electrons. The van der Waals surface area contributed by atoms with E-state index in [4.69, 9.17) is 4.42 Å². The molecule has 27 heavy (non-hydrogen) atoms. The molecule has 1 N–H and O–H groups in total. The van der Waals surface area contributed by atoms with Gasteiger partial charge in [-0.3, -0.25) is 24.8 Å². The molecule has 0 aromatic carbocycles. The average molecular weight is 368 g/mol. The van der Waals surface area contributed by atoms with Gasteiger partial charge in [0, 0.05) is 44.1 Å². The number of aromatic nitrogens is 2. The number of carbonyl (C=O) groups is 2. The first-order valence-electron chi connectivity index (χ1n) is 8.57. The van der Waals surface area contributed by atoms with Crippen molar-refractivity contribution < 1.29 is 14.0 Å². The molecule has 0 unspecified atom stereocenters. The lowest BCUT2D eigenvalue weighted by Gasteiger charge is -2.34. The third-order valence-corrected chi connectivity index (χ3v) is 4.56. The molecular formula is C18H20N6O3. The molecule has 1 aliphatic rings. The Balaban J connectivity index is 1.52. The normalized spacial score (nSPS) is 14.6. The van der Waals surface area contributed by atoms with Crippen LogP contribution in [-0.2, 0) is 4.79 Å². The molecule has 9 nitrogen and oxygen atoms in total. The molecule has 2 aromatic rings. The topological polar surface area (TPSA) is 115 Å². The summed E-state index contributed by atoms with van der Waals surface area (Å²) >= 11 is 0. The second-order valence-electron chi connectivity index (χ2n) is 6.31. The lowest BCUT2D eigenvalue weighted by Crippen LogP contribution is -2.50. The summed E-state index contributed by atoms with van der Waals surface area (Å²) < 4.78 is 5.45. The number of furan rings is 1. The van der Waals surface area contributed by atoms with E-state index in [1.807, 2.05) is 4.90 Å². The largest absolute Gasteiger partial charge is 0.444 e. The maximum atomic E-state index is 12.4. The van der Waals surface area contributed by atoms with Gasteiger partial charge in [0.15, 0.2) is 0 Å². The number of amides is 2. The van der Waals surface area contributed by atoms with Crippen LogP contribution in [-0.4, -0.2) is 64.3 Å². The van der Waals surface area contributed by atoms with Gasteiger partial charge in [-0.05, 0) is 13.8 Å². The number of hydrogen-bond donors (Lipinski definition) is 1. The molecule has 1 aliphatic heterocycles. The Morgan fingerprint density at radius 1 is 1.26 bits per heavy atom. The number of carbonyl (C=O) groups excluding carboxylic acids is 2. The van der Waals surface area contributed by atoms with Gasteiger partial charge in [0.25, 0.3) is 5.91 Å². The predicted molar refractivity (Wildman–Crippen MR) is 95.9 cm³/mol. The molecule has 0 aliphatic carbocycles. The van der Waals surface area contributed by atoms with E-state index < -0.39 is 0 Å². The zero-order valence-electron chi connectivity index (χ0n) is 15.2. The molecule has 0 radical (unpaired) electrons. The van der Waals surface area contributed by atoms with Gasteiger partial charge in [-0.25, -0.2) is 4.98 Å². The first-order valence-corrected chi connectivity index (χ1v) is 8.57. The van der Waals surface area contributed by atoms with Crippen LogP contribution in [0.1, 0.15) is 27.4 Å². The molecule has 0 atom stereocenters. The van der Waals surface area contributed by atoms with Gasteiger partial charge >= 0.3 is 0 Å². The van der Waals surface area contributed by atoms with Crippen LogP contribution in [0, 0.1) is 25.2 Å². The van der Waals surface area contributed by atoms with Crippen molar-refractivity contribution in [3.8, 4) is 6.07 Å². The summed E-state index contributed by atoms with van der Waals surface area (Å²) in [7, 11) is 0. The van der Waals surface area contributed by atoms with Crippen LogP contribution in [0.25, 0.3) is 0 Å². The molecule has 1 fully saturated rings. The van der Waals surface area contributed by atoms with Crippen LogP contribution in [0.3, 0.4) is 0 Å². The Hall–Kier alpha value is -3.25. The van der Waals surface area contributed by atoms with Crippen LogP contribution in [0.2, 0.25) is 0 Å². The van der Waals surface area contributed by atoms with Crippen molar-refractivity contribution in [3.05, 3.63) is 41.2 Å². The summed E-state index contributed by atoms with van der Waals surface area (Å²) in [6.07, 6.45) is 4.46. The SMILES string of the molecule is Cc1oc(NC(=O)CN2CCN(C(=O)c3cnccn3)CC2)c(C#N)c1C. The molecule has 0 bridgehead atoms. The average Bonchev–Trinajstić information content (AvgIpc) is 2.95. The smallest absolute Gasteiger partial charge is 0.274 e. The fraction of sp³-hybridized carbons (Fsp3) is 0.389. The molecule has 1 saturated heterocycles. The lowest BCUT2D eigenvalue weighted by molar-refractivity contribution is -0.117. The first kappa shape index (κ1) is 18.5. The van der Waals surface area contributed by atoms with Gasteiger partial charge in [-0.1, -0.05) is 0 Å². The quantitative estimate of drug-likeness (QED) is 0.854. The van der Waals surface area contributed by atoms with E-state index in [0.717, 1.165) is 5.56 Å². The molecule has 3 rings (SSSR count). The summed E-state index contributed by atoms with van der Waals surface area (Å²) in [6, 6.07) is 2.05. The van der Waals surface area contributed by atoms with Crippen molar-refractivity contribution in [2.75, 3.05) is 38.0 Å². The predicted octanol–water partition coefficient (Wildman–Crippen LogP) is 0.955.